The van der Waals surface area contributed by atoms with Gasteiger partial charge in [0.1, 0.15) is 6.04 Å². The molecule has 0 fully saturated rings. The summed E-state index contributed by atoms with van der Waals surface area (Å²) < 4.78 is 0. The van der Waals surface area contributed by atoms with Crippen molar-refractivity contribution in [2.45, 2.75) is 26.8 Å². The van der Waals surface area contributed by atoms with Gasteiger partial charge in [0, 0.05) is 18.3 Å². The zero-order valence-electron chi connectivity index (χ0n) is 8.76. The molecule has 0 aliphatic rings. The van der Waals surface area contributed by atoms with Crippen LogP contribution >= 0.6 is 11.6 Å². The van der Waals surface area contributed by atoms with Crippen molar-refractivity contribution in [3.63, 3.8) is 0 Å². The first-order chi connectivity index (χ1) is 6.52. The minimum absolute atomic E-state index is 0.178. The third-order valence-electron chi connectivity index (χ3n) is 1.78. The molecule has 82 valence electrons. The van der Waals surface area contributed by atoms with Crippen LogP contribution in [0, 0.1) is 5.92 Å². The molecule has 2 amide bonds. The van der Waals surface area contributed by atoms with Crippen LogP contribution in [-0.4, -0.2) is 30.3 Å². The molecule has 14 heavy (non-hydrogen) atoms. The van der Waals surface area contributed by atoms with Crippen LogP contribution in [0.2, 0.25) is 0 Å². The highest BCUT2D eigenvalue weighted by atomic mass is 35.5. The van der Waals surface area contributed by atoms with Gasteiger partial charge in [-0.05, 0) is 13.8 Å². The molecule has 0 aliphatic carbocycles. The SMILES string of the molecule is CCNC(=O)C(C)NC(=O)C(C)CCl. The molecule has 0 rings (SSSR count). The van der Waals surface area contributed by atoms with Crippen molar-refractivity contribution in [2.75, 3.05) is 12.4 Å². The second-order valence-electron chi connectivity index (χ2n) is 3.18. The fourth-order valence-electron chi connectivity index (χ4n) is 0.819. The molecule has 0 heterocycles. The standard InChI is InChI=1S/C9H17ClN2O2/c1-4-11-9(14)7(3)12-8(13)6(2)5-10/h6-7H,4-5H2,1-3H3,(H,11,14)(H,12,13). The Balaban J connectivity index is 3.99. The predicted octanol–water partition coefficient (Wildman–Crippen LogP) is 0.502. The van der Waals surface area contributed by atoms with Crippen LogP contribution in [-0.2, 0) is 9.59 Å². The van der Waals surface area contributed by atoms with Crippen molar-refractivity contribution in [1.29, 1.82) is 0 Å². The van der Waals surface area contributed by atoms with Crippen LogP contribution in [0.25, 0.3) is 0 Å². The summed E-state index contributed by atoms with van der Waals surface area (Å²) in [6, 6.07) is -0.506. The number of carbonyl (C=O) groups is 2. The maximum Gasteiger partial charge on any atom is 0.242 e. The average Bonchev–Trinajstić information content (AvgIpc) is 2.16. The van der Waals surface area contributed by atoms with Crippen molar-refractivity contribution < 1.29 is 9.59 Å². The molecule has 0 saturated carbocycles. The third kappa shape index (κ3) is 4.46. The van der Waals surface area contributed by atoms with E-state index in [4.69, 9.17) is 11.6 Å². The van der Waals surface area contributed by atoms with E-state index < -0.39 is 6.04 Å². The second-order valence-corrected chi connectivity index (χ2v) is 3.49. The first kappa shape index (κ1) is 13.2. The van der Waals surface area contributed by atoms with Crippen LogP contribution in [0.4, 0.5) is 0 Å². The molecular formula is C9H17ClN2O2. The van der Waals surface area contributed by atoms with Crippen molar-refractivity contribution >= 4 is 23.4 Å². The summed E-state index contributed by atoms with van der Waals surface area (Å²) in [6.07, 6.45) is 0. The van der Waals surface area contributed by atoms with Gasteiger partial charge in [-0.25, -0.2) is 0 Å². The molecule has 0 spiro atoms. The highest BCUT2D eigenvalue weighted by molar-refractivity contribution is 6.19. The predicted molar refractivity (Wildman–Crippen MR) is 56.2 cm³/mol. The number of nitrogens with one attached hydrogen (secondary N) is 2. The van der Waals surface area contributed by atoms with Crippen LogP contribution < -0.4 is 10.6 Å². The Kier molecular flexibility index (Phi) is 6.28. The maximum absolute atomic E-state index is 11.3. The Morgan fingerprint density at radius 1 is 1.29 bits per heavy atom. The monoisotopic (exact) mass is 220 g/mol. The zero-order chi connectivity index (χ0) is 11.1. The fourth-order valence-corrected chi connectivity index (χ4v) is 0.959. The lowest BCUT2D eigenvalue weighted by molar-refractivity contribution is -0.130. The van der Waals surface area contributed by atoms with E-state index in [1.54, 1.807) is 13.8 Å². The normalized spacial score (nSPS) is 14.3. The number of hydrogen-bond acceptors (Lipinski definition) is 2. The number of carbonyl (C=O) groups excluding carboxylic acids is 2. The molecule has 0 saturated heterocycles. The Morgan fingerprint density at radius 3 is 2.29 bits per heavy atom. The summed E-state index contributed by atoms with van der Waals surface area (Å²) in [5.41, 5.74) is 0. The third-order valence-corrected chi connectivity index (χ3v) is 2.25. The molecule has 2 atom stereocenters. The van der Waals surface area contributed by atoms with E-state index in [2.05, 4.69) is 10.6 Å². The Morgan fingerprint density at radius 2 is 1.86 bits per heavy atom. The maximum atomic E-state index is 11.3. The van der Waals surface area contributed by atoms with Crippen LogP contribution in [0.1, 0.15) is 20.8 Å². The molecule has 0 bridgehead atoms. The molecule has 0 radical (unpaired) electrons. The van der Waals surface area contributed by atoms with Gasteiger partial charge in [0.05, 0.1) is 0 Å². The highest BCUT2D eigenvalue weighted by Crippen LogP contribution is 1.98. The highest BCUT2D eigenvalue weighted by Gasteiger charge is 2.18. The molecule has 4 nitrogen and oxygen atoms in total. The van der Waals surface area contributed by atoms with Crippen molar-refractivity contribution in [2.24, 2.45) is 5.92 Å². The number of halogens is 1. The van der Waals surface area contributed by atoms with Crippen molar-refractivity contribution in [3.8, 4) is 0 Å². The fraction of sp³-hybridized carbons (Fsp3) is 0.778. The van der Waals surface area contributed by atoms with Gasteiger partial charge in [0.15, 0.2) is 0 Å². The van der Waals surface area contributed by atoms with Crippen LogP contribution in [0.5, 0.6) is 0 Å². The van der Waals surface area contributed by atoms with Gasteiger partial charge in [0.25, 0.3) is 0 Å². The van der Waals surface area contributed by atoms with Gasteiger partial charge in [-0.1, -0.05) is 6.92 Å². The lowest BCUT2D eigenvalue weighted by atomic mass is 10.2. The zero-order valence-corrected chi connectivity index (χ0v) is 9.52. The van der Waals surface area contributed by atoms with Gasteiger partial charge in [-0.2, -0.15) is 0 Å². The Labute approximate surface area is 89.4 Å². The van der Waals surface area contributed by atoms with Crippen LogP contribution in [0.3, 0.4) is 0 Å². The molecule has 0 aromatic heterocycles. The molecular weight excluding hydrogens is 204 g/mol. The van der Waals surface area contributed by atoms with E-state index in [1.165, 1.54) is 0 Å². The van der Waals surface area contributed by atoms with E-state index in [0.29, 0.717) is 6.54 Å². The van der Waals surface area contributed by atoms with Gasteiger partial charge in [-0.3, -0.25) is 9.59 Å². The first-order valence-corrected chi connectivity index (χ1v) is 5.20. The summed E-state index contributed by atoms with van der Waals surface area (Å²) in [5, 5.41) is 5.20. The lowest BCUT2D eigenvalue weighted by Gasteiger charge is -2.15. The second kappa shape index (κ2) is 6.65. The van der Waals surface area contributed by atoms with E-state index in [9.17, 15) is 9.59 Å². The van der Waals surface area contributed by atoms with E-state index in [1.807, 2.05) is 6.92 Å². The number of amides is 2. The lowest BCUT2D eigenvalue weighted by Crippen LogP contribution is -2.46. The van der Waals surface area contributed by atoms with Crippen molar-refractivity contribution in [1.82, 2.24) is 10.6 Å². The summed E-state index contributed by atoms with van der Waals surface area (Å²) in [4.78, 5) is 22.5. The quantitative estimate of drug-likeness (QED) is 0.663. The first-order valence-electron chi connectivity index (χ1n) is 4.67. The topological polar surface area (TPSA) is 58.2 Å². The molecule has 0 aromatic rings. The molecule has 0 aliphatic heterocycles. The smallest absolute Gasteiger partial charge is 0.242 e. The van der Waals surface area contributed by atoms with Crippen LogP contribution in [0.15, 0.2) is 0 Å². The van der Waals surface area contributed by atoms with Gasteiger partial charge >= 0.3 is 0 Å². The minimum Gasteiger partial charge on any atom is -0.355 e. The van der Waals surface area contributed by atoms with Crippen molar-refractivity contribution in [3.05, 3.63) is 0 Å². The molecule has 2 unspecified atom stereocenters. The summed E-state index contributed by atoms with van der Waals surface area (Å²) >= 11 is 5.51. The molecule has 0 aromatic carbocycles. The Hall–Kier alpha value is -0.770. The number of rotatable bonds is 5. The van der Waals surface area contributed by atoms with Gasteiger partial charge < -0.3 is 10.6 Å². The molecule has 2 N–H and O–H groups in total. The largest absolute Gasteiger partial charge is 0.355 e. The minimum atomic E-state index is -0.506. The van der Waals surface area contributed by atoms with Gasteiger partial charge in [-0.15, -0.1) is 11.6 Å². The molecule has 5 heteroatoms. The van der Waals surface area contributed by atoms with E-state index in [-0.39, 0.29) is 23.6 Å². The number of alkyl halides is 1. The number of hydrogen-bond donors (Lipinski definition) is 2. The summed E-state index contributed by atoms with van der Waals surface area (Å²) in [7, 11) is 0. The number of likely N-dealkylation sites (N-methyl/N-ethyl adjacent to an activating group) is 1. The van der Waals surface area contributed by atoms with E-state index in [0.717, 1.165) is 0 Å². The summed E-state index contributed by atoms with van der Waals surface area (Å²) in [5.74, 6) is -0.386. The summed E-state index contributed by atoms with van der Waals surface area (Å²) in [6.45, 7) is 5.74. The average molecular weight is 221 g/mol. The van der Waals surface area contributed by atoms with E-state index >= 15 is 0 Å². The van der Waals surface area contributed by atoms with Gasteiger partial charge in [0.2, 0.25) is 11.8 Å². The Bertz CT molecular complexity index is 209.